The first kappa shape index (κ1) is 18.0. The highest BCUT2D eigenvalue weighted by Gasteiger charge is 2.28. The second-order valence-corrected chi connectivity index (χ2v) is 7.11. The van der Waals surface area contributed by atoms with Crippen LogP contribution in [0, 0.1) is 0 Å². The lowest BCUT2D eigenvalue weighted by Crippen LogP contribution is -2.19. The lowest BCUT2D eigenvalue weighted by molar-refractivity contribution is -0.117. The summed E-state index contributed by atoms with van der Waals surface area (Å²) in [6.45, 7) is 0. The first-order chi connectivity index (χ1) is 14.7. The van der Waals surface area contributed by atoms with Crippen LogP contribution in [-0.2, 0) is 9.59 Å². The Morgan fingerprint density at radius 3 is 1.43 bits per heavy atom. The Balaban J connectivity index is 1.44. The van der Waals surface area contributed by atoms with Crippen LogP contribution in [0.1, 0.15) is 24.0 Å². The van der Waals surface area contributed by atoms with Crippen molar-refractivity contribution in [3.63, 3.8) is 0 Å². The van der Waals surface area contributed by atoms with Crippen LogP contribution in [-0.4, -0.2) is 23.2 Å². The maximum absolute atomic E-state index is 12.5. The van der Waals surface area contributed by atoms with E-state index in [1.165, 1.54) is 10.0 Å². The zero-order chi connectivity index (χ0) is 20.5. The fourth-order valence-corrected chi connectivity index (χ4v) is 3.60. The van der Waals surface area contributed by atoms with Gasteiger partial charge in [-0.1, -0.05) is 54.6 Å². The van der Waals surface area contributed by atoms with Crippen molar-refractivity contribution < 1.29 is 9.59 Å². The summed E-state index contributed by atoms with van der Waals surface area (Å²) < 4.78 is 0. The number of anilines is 2. The Morgan fingerprint density at radius 2 is 1.00 bits per heavy atom. The van der Waals surface area contributed by atoms with Gasteiger partial charge in [-0.3, -0.25) is 9.59 Å². The molecule has 3 aromatic rings. The van der Waals surface area contributed by atoms with Gasteiger partial charge in [0.05, 0.1) is 35.6 Å². The first-order valence-electron chi connectivity index (χ1n) is 9.71. The molecule has 0 aliphatic carbocycles. The molecule has 2 aliphatic heterocycles. The van der Waals surface area contributed by atoms with Gasteiger partial charge >= 0.3 is 0 Å². The second kappa shape index (κ2) is 7.40. The highest BCUT2D eigenvalue weighted by molar-refractivity contribution is 6.22. The summed E-state index contributed by atoms with van der Waals surface area (Å²) in [5.41, 5.74) is 4.61. The number of carbonyl (C=O) groups is 2. The van der Waals surface area contributed by atoms with Crippen LogP contribution < -0.4 is 10.0 Å². The van der Waals surface area contributed by atoms with Crippen molar-refractivity contribution in [1.82, 2.24) is 0 Å². The third kappa shape index (κ3) is 3.28. The molecular weight excluding hydrogens is 376 g/mol. The first-order valence-corrected chi connectivity index (χ1v) is 9.71. The van der Waals surface area contributed by atoms with Gasteiger partial charge in [0, 0.05) is 0 Å². The van der Waals surface area contributed by atoms with E-state index < -0.39 is 0 Å². The Bertz CT molecular complexity index is 1100. The van der Waals surface area contributed by atoms with Crippen LogP contribution in [0.25, 0.3) is 0 Å². The molecule has 146 valence electrons. The predicted molar refractivity (Wildman–Crippen MR) is 117 cm³/mol. The summed E-state index contributed by atoms with van der Waals surface area (Å²) in [5, 5.41) is 12.0. The molecule has 6 nitrogen and oxygen atoms in total. The molecule has 0 bridgehead atoms. The summed E-state index contributed by atoms with van der Waals surface area (Å²) in [5.74, 6) is -0.129. The maximum atomic E-state index is 12.5. The van der Waals surface area contributed by atoms with Crippen LogP contribution in [0.4, 0.5) is 11.4 Å². The minimum atomic E-state index is -0.0646. The largest absolute Gasteiger partial charge is 0.272 e. The van der Waals surface area contributed by atoms with E-state index in [9.17, 15) is 9.59 Å². The minimum Gasteiger partial charge on any atom is -0.272 e. The van der Waals surface area contributed by atoms with E-state index in [0.717, 1.165) is 22.5 Å². The van der Waals surface area contributed by atoms with Gasteiger partial charge in [0.15, 0.2) is 0 Å². The monoisotopic (exact) mass is 394 g/mol. The molecule has 0 aromatic heterocycles. The molecule has 0 radical (unpaired) electrons. The van der Waals surface area contributed by atoms with Gasteiger partial charge in [0.2, 0.25) is 0 Å². The van der Waals surface area contributed by atoms with Gasteiger partial charge in [-0.15, -0.1) is 0 Å². The Morgan fingerprint density at radius 1 is 0.567 bits per heavy atom. The molecule has 0 fully saturated rings. The second-order valence-electron chi connectivity index (χ2n) is 7.11. The van der Waals surface area contributed by atoms with Crippen molar-refractivity contribution in [1.29, 1.82) is 0 Å². The van der Waals surface area contributed by atoms with Crippen LogP contribution in [0.3, 0.4) is 0 Å². The summed E-state index contributed by atoms with van der Waals surface area (Å²) in [7, 11) is 0. The number of benzene rings is 3. The third-order valence-corrected chi connectivity index (χ3v) is 5.08. The molecule has 0 saturated heterocycles. The zero-order valence-corrected chi connectivity index (χ0v) is 16.1. The van der Waals surface area contributed by atoms with E-state index in [2.05, 4.69) is 10.2 Å². The molecule has 0 atom stereocenters. The number of nitrogens with zero attached hydrogens (tertiary/aromatic N) is 4. The fraction of sp³-hybridized carbons (Fsp3) is 0.0833. The van der Waals surface area contributed by atoms with Gasteiger partial charge < -0.3 is 0 Å². The number of amides is 2. The van der Waals surface area contributed by atoms with E-state index in [1.807, 2.05) is 84.9 Å². The number of para-hydroxylation sites is 2. The normalized spacial score (nSPS) is 16.1. The van der Waals surface area contributed by atoms with E-state index in [1.54, 1.807) is 0 Å². The van der Waals surface area contributed by atoms with Crippen molar-refractivity contribution in [3.05, 3.63) is 96.1 Å². The molecule has 2 amide bonds. The smallest absolute Gasteiger partial charge is 0.253 e. The number of hydrogen-bond acceptors (Lipinski definition) is 4. The number of hydrogen-bond donors (Lipinski definition) is 0. The summed E-state index contributed by atoms with van der Waals surface area (Å²) in [6, 6.07) is 26.5. The topological polar surface area (TPSA) is 65.3 Å². The van der Waals surface area contributed by atoms with Crippen LogP contribution in [0.5, 0.6) is 0 Å². The Hall–Kier alpha value is -4.06. The van der Waals surface area contributed by atoms with Gasteiger partial charge in [-0.2, -0.15) is 10.2 Å². The molecule has 3 aromatic carbocycles. The lowest BCUT2D eigenvalue weighted by atomic mass is 10.0. The molecule has 2 aliphatic rings. The van der Waals surface area contributed by atoms with Crippen LogP contribution >= 0.6 is 0 Å². The standard InChI is InChI=1S/C24H18N4O2/c29-23-15-21(25-27(23)19-10-3-1-4-11-19)17-8-7-9-18(14-17)22-16-24(30)28(26-22)20-12-5-2-6-13-20/h1-14H,15-16H2. The molecule has 6 heteroatoms. The molecule has 0 unspecified atom stereocenters. The highest BCUT2D eigenvalue weighted by atomic mass is 16.2. The molecule has 5 rings (SSSR count). The van der Waals surface area contributed by atoms with Crippen molar-refractivity contribution in [2.75, 3.05) is 10.0 Å². The van der Waals surface area contributed by atoms with Crippen LogP contribution in [0.15, 0.2) is 95.1 Å². The van der Waals surface area contributed by atoms with Gasteiger partial charge in [0.1, 0.15) is 0 Å². The summed E-state index contributed by atoms with van der Waals surface area (Å²) in [6.07, 6.45) is 0.472. The minimum absolute atomic E-state index is 0.0646. The van der Waals surface area contributed by atoms with Gasteiger partial charge in [-0.25, -0.2) is 10.0 Å². The fourth-order valence-electron chi connectivity index (χ4n) is 3.60. The van der Waals surface area contributed by atoms with E-state index in [0.29, 0.717) is 11.4 Å². The van der Waals surface area contributed by atoms with Crippen molar-refractivity contribution in [2.45, 2.75) is 12.8 Å². The quantitative estimate of drug-likeness (QED) is 0.672. The van der Waals surface area contributed by atoms with Crippen molar-refractivity contribution in [3.8, 4) is 0 Å². The van der Waals surface area contributed by atoms with E-state index >= 15 is 0 Å². The number of rotatable bonds is 4. The van der Waals surface area contributed by atoms with E-state index in [4.69, 9.17) is 0 Å². The lowest BCUT2D eigenvalue weighted by Gasteiger charge is -2.10. The average molecular weight is 394 g/mol. The Kier molecular flexibility index (Phi) is 4.44. The SMILES string of the molecule is O=C1CC(c2cccc(C3=NN(c4ccccc4)C(=O)C3)c2)=NN1c1ccccc1. The maximum Gasteiger partial charge on any atom is 0.253 e. The zero-order valence-electron chi connectivity index (χ0n) is 16.1. The Labute approximate surface area is 173 Å². The van der Waals surface area contributed by atoms with Crippen LogP contribution in [0.2, 0.25) is 0 Å². The third-order valence-electron chi connectivity index (χ3n) is 5.08. The van der Waals surface area contributed by atoms with Gasteiger partial charge in [-0.05, 0) is 41.5 Å². The molecule has 2 heterocycles. The molecule has 0 N–H and O–H groups in total. The summed E-state index contributed by atoms with van der Waals surface area (Å²) in [4.78, 5) is 25.0. The molecular formula is C24H18N4O2. The van der Waals surface area contributed by atoms with Crippen molar-refractivity contribution in [2.24, 2.45) is 10.2 Å². The highest BCUT2D eigenvalue weighted by Crippen LogP contribution is 2.25. The number of carbonyl (C=O) groups excluding carboxylic acids is 2. The molecule has 0 spiro atoms. The summed E-state index contributed by atoms with van der Waals surface area (Å²) >= 11 is 0. The average Bonchev–Trinajstić information content (AvgIpc) is 3.38. The molecule has 0 saturated carbocycles. The van der Waals surface area contributed by atoms with Gasteiger partial charge in [0.25, 0.3) is 11.8 Å². The molecule has 30 heavy (non-hydrogen) atoms. The number of hydrazone groups is 2. The van der Waals surface area contributed by atoms with E-state index in [-0.39, 0.29) is 24.7 Å². The van der Waals surface area contributed by atoms with Crippen molar-refractivity contribution >= 4 is 34.6 Å². The predicted octanol–water partition coefficient (Wildman–Crippen LogP) is 3.97.